The minimum absolute atomic E-state index is 0.169. The van der Waals surface area contributed by atoms with E-state index in [2.05, 4.69) is 16.3 Å². The van der Waals surface area contributed by atoms with Crippen molar-refractivity contribution in [2.45, 2.75) is 19.1 Å². The van der Waals surface area contributed by atoms with E-state index < -0.39 is 10.0 Å². The molecule has 9 nitrogen and oxygen atoms in total. The van der Waals surface area contributed by atoms with Gasteiger partial charge in [0.2, 0.25) is 10.0 Å². The fourth-order valence-electron chi connectivity index (χ4n) is 5.49. The van der Waals surface area contributed by atoms with Crippen molar-refractivity contribution in [1.82, 2.24) is 19.3 Å². The lowest BCUT2D eigenvalue weighted by Gasteiger charge is -2.28. The second-order valence-electron chi connectivity index (χ2n) is 10.3. The molecule has 2 aromatic carbocycles. The molecule has 1 N–H and O–H groups in total. The number of nitrogens with zero attached hydrogens (tertiary/aromatic N) is 6. The van der Waals surface area contributed by atoms with E-state index in [1.165, 1.54) is 27.4 Å². The Kier molecular flexibility index (Phi) is 7.87. The Bertz CT molecular complexity index is 1920. The van der Waals surface area contributed by atoms with Crippen molar-refractivity contribution in [3.8, 4) is 17.3 Å². The third kappa shape index (κ3) is 5.47. The van der Waals surface area contributed by atoms with Crippen molar-refractivity contribution in [2.24, 2.45) is 0 Å². The van der Waals surface area contributed by atoms with Crippen LogP contribution in [-0.4, -0.2) is 55.6 Å². The summed E-state index contributed by atoms with van der Waals surface area (Å²) in [5.74, 6) is 0.226. The van der Waals surface area contributed by atoms with Gasteiger partial charge in [-0.05, 0) is 48.4 Å². The number of aromatic nitrogens is 3. The Morgan fingerprint density at radius 3 is 2.44 bits per heavy atom. The number of benzene rings is 2. The Morgan fingerprint density at radius 2 is 1.77 bits per heavy atom. The third-order valence-electron chi connectivity index (χ3n) is 7.52. The van der Waals surface area contributed by atoms with Crippen molar-refractivity contribution in [2.75, 3.05) is 43.0 Å². The van der Waals surface area contributed by atoms with E-state index in [0.717, 1.165) is 32.0 Å². The summed E-state index contributed by atoms with van der Waals surface area (Å²) in [6.07, 6.45) is 0.411. The molecule has 1 saturated heterocycles. The van der Waals surface area contributed by atoms with E-state index in [1.807, 2.05) is 49.2 Å². The van der Waals surface area contributed by atoms with Crippen LogP contribution in [-0.2, 0) is 22.2 Å². The van der Waals surface area contributed by atoms with Crippen LogP contribution in [0.5, 0.6) is 0 Å². The maximum atomic E-state index is 14.1. The smallest absolute Gasteiger partial charge is 0.243 e. The van der Waals surface area contributed by atoms with Crippen molar-refractivity contribution in [1.29, 1.82) is 5.26 Å². The number of hydrogen-bond donors (Lipinski definition) is 1. The summed E-state index contributed by atoms with van der Waals surface area (Å²) in [6.45, 7) is 5.17. The Labute approximate surface area is 253 Å². The zero-order valence-corrected chi connectivity index (χ0v) is 25.4. The molecule has 0 amide bonds. The van der Waals surface area contributed by atoms with Gasteiger partial charge in [0.15, 0.2) is 5.13 Å². The van der Waals surface area contributed by atoms with Crippen LogP contribution in [0.25, 0.3) is 22.3 Å². The van der Waals surface area contributed by atoms with Crippen molar-refractivity contribution in [3.63, 3.8) is 0 Å². The fourth-order valence-corrected chi connectivity index (χ4v) is 8.08. The van der Waals surface area contributed by atoms with Crippen LogP contribution in [0.2, 0.25) is 0 Å². The van der Waals surface area contributed by atoms with E-state index >= 15 is 0 Å². The molecular formula is C31H30FN7O2S2. The molecule has 4 heterocycles. The molecule has 43 heavy (non-hydrogen) atoms. The highest BCUT2D eigenvalue weighted by atomic mass is 32.2. The Balaban J connectivity index is 1.54. The predicted octanol–water partition coefficient (Wildman–Crippen LogP) is 5.29. The molecule has 0 unspecified atom stereocenters. The summed E-state index contributed by atoms with van der Waals surface area (Å²) in [6, 6.07) is 20.9. The van der Waals surface area contributed by atoms with Gasteiger partial charge >= 0.3 is 0 Å². The number of rotatable bonds is 8. The molecule has 1 fully saturated rings. The van der Waals surface area contributed by atoms with Gasteiger partial charge in [0, 0.05) is 38.8 Å². The van der Waals surface area contributed by atoms with Crippen molar-refractivity contribution < 1.29 is 12.8 Å². The first-order valence-corrected chi connectivity index (χ1v) is 16.4. The van der Waals surface area contributed by atoms with Gasteiger partial charge in [0.25, 0.3) is 0 Å². The number of thiazole rings is 1. The largest absolute Gasteiger partial charge is 0.354 e. The minimum Gasteiger partial charge on any atom is -0.354 e. The SMILES string of the molecule is CCc1c(N(C)c2nc(-c3ccc(F)cc3)c(C#N)s2)c2nc(N3CCNCC3)ccc2n1S(=O)(=O)Cc1ccccc1. The number of piperazine rings is 1. The minimum atomic E-state index is -3.85. The number of nitriles is 1. The average molecular weight is 616 g/mol. The number of pyridine rings is 1. The zero-order valence-electron chi connectivity index (χ0n) is 23.8. The van der Waals surface area contributed by atoms with Crippen molar-refractivity contribution >= 4 is 49.0 Å². The van der Waals surface area contributed by atoms with Gasteiger partial charge in [-0.1, -0.05) is 48.6 Å². The number of fused-ring (bicyclic) bond motifs is 1. The summed E-state index contributed by atoms with van der Waals surface area (Å²) in [4.78, 5) is 14.2. The molecule has 1 aliphatic heterocycles. The maximum absolute atomic E-state index is 14.1. The molecule has 220 valence electrons. The summed E-state index contributed by atoms with van der Waals surface area (Å²) in [5.41, 5.74) is 3.99. The van der Waals surface area contributed by atoms with Gasteiger partial charge in [0.1, 0.15) is 33.8 Å². The zero-order chi connectivity index (χ0) is 30.1. The number of anilines is 3. The molecular weight excluding hydrogens is 586 g/mol. The first kappa shape index (κ1) is 28.8. The third-order valence-corrected chi connectivity index (χ3v) is 10.2. The van der Waals surface area contributed by atoms with Gasteiger partial charge in [0.05, 0.1) is 22.7 Å². The van der Waals surface area contributed by atoms with Crippen LogP contribution in [0.4, 0.5) is 21.0 Å². The van der Waals surface area contributed by atoms with Gasteiger partial charge in [-0.15, -0.1) is 0 Å². The molecule has 0 aliphatic carbocycles. The highest BCUT2D eigenvalue weighted by molar-refractivity contribution is 7.89. The van der Waals surface area contributed by atoms with Crippen LogP contribution in [0.3, 0.4) is 0 Å². The first-order valence-electron chi connectivity index (χ1n) is 14.0. The topological polar surface area (TPSA) is 107 Å². The van der Waals surface area contributed by atoms with E-state index in [1.54, 1.807) is 24.3 Å². The lowest BCUT2D eigenvalue weighted by molar-refractivity contribution is 0.585. The van der Waals surface area contributed by atoms with Gasteiger partial charge in [-0.25, -0.2) is 26.7 Å². The van der Waals surface area contributed by atoms with E-state index in [9.17, 15) is 18.1 Å². The highest BCUT2D eigenvalue weighted by Gasteiger charge is 2.30. The molecule has 3 aromatic heterocycles. The molecule has 5 aromatic rings. The molecule has 0 bridgehead atoms. The summed E-state index contributed by atoms with van der Waals surface area (Å²) >= 11 is 1.20. The van der Waals surface area contributed by atoms with E-state index in [4.69, 9.17) is 9.97 Å². The first-order chi connectivity index (χ1) is 20.8. The number of hydrogen-bond acceptors (Lipinski definition) is 9. The predicted molar refractivity (Wildman–Crippen MR) is 169 cm³/mol. The lowest BCUT2D eigenvalue weighted by atomic mass is 10.1. The van der Waals surface area contributed by atoms with Crippen LogP contribution in [0.15, 0.2) is 66.7 Å². The van der Waals surface area contributed by atoms with E-state index in [-0.39, 0.29) is 11.6 Å². The number of halogens is 1. The summed E-state index contributed by atoms with van der Waals surface area (Å²) < 4.78 is 43.2. The lowest BCUT2D eigenvalue weighted by Crippen LogP contribution is -2.43. The van der Waals surface area contributed by atoms with Gasteiger partial charge < -0.3 is 15.1 Å². The number of nitrogens with one attached hydrogen (secondary N) is 1. The second kappa shape index (κ2) is 11.8. The van der Waals surface area contributed by atoms with Crippen LogP contribution < -0.4 is 15.1 Å². The van der Waals surface area contributed by atoms with E-state index in [0.29, 0.717) is 55.7 Å². The molecule has 1 aliphatic rings. The molecule has 0 radical (unpaired) electrons. The molecule has 0 atom stereocenters. The van der Waals surface area contributed by atoms with Crippen LogP contribution >= 0.6 is 11.3 Å². The van der Waals surface area contributed by atoms with Gasteiger partial charge in [-0.3, -0.25) is 0 Å². The van der Waals surface area contributed by atoms with Crippen molar-refractivity contribution in [3.05, 3.63) is 88.7 Å². The maximum Gasteiger partial charge on any atom is 0.243 e. The molecule has 6 rings (SSSR count). The fraction of sp³-hybridized carbons (Fsp3) is 0.258. The average Bonchev–Trinajstić information content (AvgIpc) is 3.61. The van der Waals surface area contributed by atoms with Crippen LogP contribution in [0, 0.1) is 17.1 Å². The molecule has 0 saturated carbocycles. The Hall–Kier alpha value is -4.31. The summed E-state index contributed by atoms with van der Waals surface area (Å²) in [7, 11) is -2.03. The normalized spacial score (nSPS) is 13.8. The molecule has 0 spiro atoms. The standard InChI is InChI=1S/C31H30FN7O2S2/c1-3-24-30(37(2)31-36-28(26(19-33)42-31)22-9-11-23(32)12-10-22)29-25(13-14-27(35-29)38-17-15-34-16-18-38)39(24)43(40,41)20-21-7-5-4-6-8-21/h4-14,34H,3,15-18,20H2,1-2H3. The second-order valence-corrected chi connectivity index (χ2v) is 13.1. The monoisotopic (exact) mass is 615 g/mol. The Morgan fingerprint density at radius 1 is 1.05 bits per heavy atom. The molecule has 12 heteroatoms. The van der Waals surface area contributed by atoms with Crippen LogP contribution in [0.1, 0.15) is 23.1 Å². The highest BCUT2D eigenvalue weighted by Crippen LogP contribution is 2.42. The quantitative estimate of drug-likeness (QED) is 0.251. The van der Waals surface area contributed by atoms with Gasteiger partial charge in [-0.2, -0.15) is 5.26 Å². The summed E-state index contributed by atoms with van der Waals surface area (Å²) in [5, 5.41) is 13.8.